The minimum Gasteiger partial charge on any atom is -0.468 e. The Hall–Kier alpha value is -2.80. The molecule has 1 unspecified atom stereocenters. The van der Waals surface area contributed by atoms with Gasteiger partial charge in [0.05, 0.1) is 12.7 Å². The van der Waals surface area contributed by atoms with E-state index in [1.165, 1.54) is 25.8 Å². The topological polar surface area (TPSA) is 84.5 Å². The van der Waals surface area contributed by atoms with E-state index in [4.69, 9.17) is 4.74 Å². The average Bonchev–Trinajstić information content (AvgIpc) is 2.63. The van der Waals surface area contributed by atoms with E-state index >= 15 is 0 Å². The van der Waals surface area contributed by atoms with E-state index in [9.17, 15) is 14.4 Å². The quantitative estimate of drug-likeness (QED) is 0.582. The van der Waals surface area contributed by atoms with Crippen molar-refractivity contribution < 1.29 is 19.1 Å². The normalized spacial score (nSPS) is 11.4. The number of thioether (sulfide) groups is 1. The highest BCUT2D eigenvalue weighted by atomic mass is 32.2. The minimum atomic E-state index is -0.435. The Balaban J connectivity index is 2.21. The van der Waals surface area contributed by atoms with Crippen LogP contribution in [0.25, 0.3) is 0 Å². The van der Waals surface area contributed by atoms with Crippen molar-refractivity contribution in [3.05, 3.63) is 53.6 Å². The minimum absolute atomic E-state index is 0.180. The van der Waals surface area contributed by atoms with E-state index in [0.717, 1.165) is 5.56 Å². The molecule has 142 valence electrons. The summed E-state index contributed by atoms with van der Waals surface area (Å²) < 4.78 is 4.74. The van der Waals surface area contributed by atoms with Gasteiger partial charge in [-0.15, -0.1) is 11.8 Å². The number of amides is 2. The maximum absolute atomic E-state index is 12.7. The maximum Gasteiger partial charge on any atom is 0.318 e. The molecule has 0 radical (unpaired) electrons. The lowest BCUT2D eigenvalue weighted by molar-refractivity contribution is -0.139. The van der Waals surface area contributed by atoms with Crippen LogP contribution in [-0.4, -0.2) is 30.1 Å². The van der Waals surface area contributed by atoms with E-state index in [0.29, 0.717) is 21.8 Å². The second kappa shape index (κ2) is 9.23. The highest BCUT2D eigenvalue weighted by Gasteiger charge is 2.19. The summed E-state index contributed by atoms with van der Waals surface area (Å²) in [7, 11) is 1.34. The van der Waals surface area contributed by atoms with Gasteiger partial charge >= 0.3 is 5.97 Å². The summed E-state index contributed by atoms with van der Waals surface area (Å²) in [6.07, 6.45) is 0. The van der Waals surface area contributed by atoms with Crippen LogP contribution < -0.4 is 10.6 Å². The molecular formula is C20H22N2O4S. The van der Waals surface area contributed by atoms with Gasteiger partial charge in [-0.3, -0.25) is 14.4 Å². The zero-order valence-corrected chi connectivity index (χ0v) is 16.5. The Morgan fingerprint density at radius 1 is 1.07 bits per heavy atom. The molecule has 0 heterocycles. The van der Waals surface area contributed by atoms with Gasteiger partial charge in [0.15, 0.2) is 0 Å². The molecule has 0 fully saturated rings. The number of carbonyl (C=O) groups excluding carboxylic acids is 3. The highest BCUT2D eigenvalue weighted by Crippen LogP contribution is 2.28. The number of methoxy groups -OCH3 is 1. The van der Waals surface area contributed by atoms with Crippen molar-refractivity contribution in [2.45, 2.75) is 30.9 Å². The number of hydrogen-bond acceptors (Lipinski definition) is 5. The van der Waals surface area contributed by atoms with Gasteiger partial charge in [-0.05, 0) is 43.7 Å². The van der Waals surface area contributed by atoms with Gasteiger partial charge in [-0.25, -0.2) is 0 Å². The van der Waals surface area contributed by atoms with Gasteiger partial charge in [0, 0.05) is 23.2 Å². The molecule has 0 saturated carbocycles. The third-order valence-electron chi connectivity index (χ3n) is 3.77. The van der Waals surface area contributed by atoms with Crippen molar-refractivity contribution in [2.24, 2.45) is 0 Å². The Labute approximate surface area is 162 Å². The fourth-order valence-electron chi connectivity index (χ4n) is 2.38. The molecule has 2 aromatic rings. The number of anilines is 2. The number of ether oxygens (including phenoxy) is 1. The van der Waals surface area contributed by atoms with Crippen LogP contribution in [-0.2, 0) is 14.3 Å². The van der Waals surface area contributed by atoms with Crippen molar-refractivity contribution in [3.63, 3.8) is 0 Å². The second-order valence-electron chi connectivity index (χ2n) is 5.94. The molecule has 7 heteroatoms. The maximum atomic E-state index is 12.7. The highest BCUT2D eigenvalue weighted by molar-refractivity contribution is 8.00. The Kier molecular flexibility index (Phi) is 7.01. The van der Waals surface area contributed by atoms with Gasteiger partial charge in [0.25, 0.3) is 5.91 Å². The standard InChI is InChI=1S/C20H22N2O4S/c1-12-9-10-15(11-17(12)21-14(3)23)22-19(24)16-7-5-6-8-18(16)27-13(2)20(25)26-4/h5-11,13H,1-4H3,(H,21,23)(H,22,24). The summed E-state index contributed by atoms with van der Waals surface area (Å²) >= 11 is 1.26. The molecule has 0 aromatic heterocycles. The van der Waals surface area contributed by atoms with Crippen molar-refractivity contribution in [3.8, 4) is 0 Å². The first kappa shape index (κ1) is 20.5. The molecule has 0 bridgehead atoms. The largest absolute Gasteiger partial charge is 0.468 e. The number of benzene rings is 2. The van der Waals surface area contributed by atoms with Crippen LogP contribution in [0, 0.1) is 6.92 Å². The zero-order chi connectivity index (χ0) is 20.0. The zero-order valence-electron chi connectivity index (χ0n) is 15.7. The van der Waals surface area contributed by atoms with Gasteiger partial charge in [-0.1, -0.05) is 18.2 Å². The van der Waals surface area contributed by atoms with E-state index in [1.807, 2.05) is 19.1 Å². The van der Waals surface area contributed by atoms with Crippen LogP contribution in [0.2, 0.25) is 0 Å². The summed E-state index contributed by atoms with van der Waals surface area (Å²) in [5.41, 5.74) is 2.56. The number of carbonyl (C=O) groups is 3. The molecule has 2 N–H and O–H groups in total. The third kappa shape index (κ3) is 5.59. The van der Waals surface area contributed by atoms with E-state index < -0.39 is 5.25 Å². The SMILES string of the molecule is COC(=O)C(C)Sc1ccccc1C(=O)Nc1ccc(C)c(NC(C)=O)c1. The molecular weight excluding hydrogens is 364 g/mol. The first-order valence-electron chi connectivity index (χ1n) is 8.35. The van der Waals surface area contributed by atoms with E-state index in [2.05, 4.69) is 10.6 Å². The number of esters is 1. The van der Waals surface area contributed by atoms with Crippen LogP contribution in [0.5, 0.6) is 0 Å². The Bertz CT molecular complexity index is 867. The predicted octanol–water partition coefficient (Wildman–Crippen LogP) is 3.86. The van der Waals surface area contributed by atoms with Crippen molar-refractivity contribution >= 4 is 40.9 Å². The molecule has 0 saturated heterocycles. The summed E-state index contributed by atoms with van der Waals surface area (Å²) in [6, 6.07) is 12.4. The van der Waals surface area contributed by atoms with E-state index in [1.54, 1.807) is 37.3 Å². The van der Waals surface area contributed by atoms with Crippen LogP contribution in [0.15, 0.2) is 47.4 Å². The molecule has 1 atom stereocenters. The monoisotopic (exact) mass is 386 g/mol. The summed E-state index contributed by atoms with van der Waals surface area (Å²) in [5.74, 6) is -0.832. The Morgan fingerprint density at radius 3 is 2.44 bits per heavy atom. The van der Waals surface area contributed by atoms with Crippen molar-refractivity contribution in [1.29, 1.82) is 0 Å². The number of hydrogen-bond donors (Lipinski definition) is 2. The lowest BCUT2D eigenvalue weighted by Crippen LogP contribution is -2.17. The van der Waals surface area contributed by atoms with Gasteiger partial charge in [0.1, 0.15) is 5.25 Å². The van der Waals surface area contributed by atoms with Crippen LogP contribution in [0.3, 0.4) is 0 Å². The molecule has 2 rings (SSSR count). The molecule has 0 aliphatic heterocycles. The first-order chi connectivity index (χ1) is 12.8. The number of rotatable bonds is 6. The summed E-state index contributed by atoms with van der Waals surface area (Å²) in [6.45, 7) is 5.03. The van der Waals surface area contributed by atoms with Crippen LogP contribution in [0.4, 0.5) is 11.4 Å². The predicted molar refractivity (Wildman–Crippen MR) is 107 cm³/mol. The van der Waals surface area contributed by atoms with Crippen molar-refractivity contribution in [2.75, 3.05) is 17.7 Å². The molecule has 6 nitrogen and oxygen atoms in total. The molecule has 2 amide bonds. The van der Waals surface area contributed by atoms with Gasteiger partial charge < -0.3 is 15.4 Å². The third-order valence-corrected chi connectivity index (χ3v) is 4.93. The van der Waals surface area contributed by atoms with Crippen LogP contribution >= 0.6 is 11.8 Å². The fraction of sp³-hybridized carbons (Fsp3) is 0.250. The summed E-state index contributed by atoms with van der Waals surface area (Å²) in [5, 5.41) is 5.14. The number of aryl methyl sites for hydroxylation is 1. The van der Waals surface area contributed by atoms with E-state index in [-0.39, 0.29) is 17.8 Å². The molecule has 2 aromatic carbocycles. The molecule has 0 aliphatic rings. The Morgan fingerprint density at radius 2 is 1.78 bits per heavy atom. The molecule has 0 aliphatic carbocycles. The average molecular weight is 386 g/mol. The lowest BCUT2D eigenvalue weighted by Gasteiger charge is -2.14. The fourth-order valence-corrected chi connectivity index (χ4v) is 3.40. The smallest absolute Gasteiger partial charge is 0.318 e. The van der Waals surface area contributed by atoms with Gasteiger partial charge in [-0.2, -0.15) is 0 Å². The lowest BCUT2D eigenvalue weighted by atomic mass is 10.1. The second-order valence-corrected chi connectivity index (χ2v) is 7.33. The molecule has 0 spiro atoms. The number of nitrogens with one attached hydrogen (secondary N) is 2. The molecule has 27 heavy (non-hydrogen) atoms. The summed E-state index contributed by atoms with van der Waals surface area (Å²) in [4.78, 5) is 36.4. The first-order valence-corrected chi connectivity index (χ1v) is 9.23. The van der Waals surface area contributed by atoms with Crippen molar-refractivity contribution in [1.82, 2.24) is 0 Å². The van der Waals surface area contributed by atoms with Crippen LogP contribution in [0.1, 0.15) is 29.8 Å². The van der Waals surface area contributed by atoms with Gasteiger partial charge in [0.2, 0.25) is 5.91 Å².